The van der Waals surface area contributed by atoms with E-state index in [1.54, 1.807) is 0 Å². The molecule has 0 unspecified atom stereocenters. The van der Waals surface area contributed by atoms with Crippen LogP contribution in [0.15, 0.2) is 0 Å². The Balaban J connectivity index is 2.99. The molecule has 0 aliphatic rings. The smallest absolute Gasteiger partial charge is 0.330 e. The highest BCUT2D eigenvalue weighted by Crippen LogP contribution is 2.23. The van der Waals surface area contributed by atoms with Gasteiger partial charge in [-0.3, -0.25) is 0 Å². The summed E-state index contributed by atoms with van der Waals surface area (Å²) in [6, 6.07) is 0. The van der Waals surface area contributed by atoms with E-state index in [0.29, 0.717) is 6.42 Å². The molecule has 1 nitrogen and oxygen atoms in total. The lowest BCUT2D eigenvalue weighted by Crippen LogP contribution is -2.06. The van der Waals surface area contributed by atoms with Crippen molar-refractivity contribution in [3.8, 4) is 0 Å². The number of hydrogen-bond acceptors (Lipinski definition) is 1. The van der Waals surface area contributed by atoms with Gasteiger partial charge in [0.15, 0.2) is 0 Å². The highest BCUT2D eigenvalue weighted by atomic mass is 19.4. The molecular formula is C16H32F3N. The third-order valence-electron chi connectivity index (χ3n) is 3.66. The minimum Gasteiger partial charge on any atom is -0.330 e. The van der Waals surface area contributed by atoms with Crippen molar-refractivity contribution < 1.29 is 13.2 Å². The molecule has 0 aliphatic heterocycles. The van der Waals surface area contributed by atoms with Crippen molar-refractivity contribution in [3.05, 3.63) is 0 Å². The number of hydrogen-bond donors (Lipinski definition) is 1. The number of unbranched alkanes of at least 4 members (excludes halogenated alkanes) is 12. The molecule has 0 saturated heterocycles. The summed E-state index contributed by atoms with van der Waals surface area (Å²) < 4.78 is 35.7. The Labute approximate surface area is 122 Å². The second-order valence-electron chi connectivity index (χ2n) is 5.75. The first-order chi connectivity index (χ1) is 9.56. The number of nitrogens with two attached hydrogens (primary N) is 1. The van der Waals surface area contributed by atoms with Gasteiger partial charge in [-0.2, -0.15) is 13.2 Å². The van der Waals surface area contributed by atoms with Crippen LogP contribution in [0.4, 0.5) is 13.2 Å². The van der Waals surface area contributed by atoms with E-state index in [9.17, 15) is 13.2 Å². The minimum absolute atomic E-state index is 0.298. The molecule has 0 radical (unpaired) electrons. The van der Waals surface area contributed by atoms with Gasteiger partial charge in [-0.25, -0.2) is 0 Å². The Hall–Kier alpha value is -0.250. The largest absolute Gasteiger partial charge is 0.389 e. The molecule has 0 amide bonds. The van der Waals surface area contributed by atoms with Gasteiger partial charge < -0.3 is 5.73 Å². The normalized spacial score (nSPS) is 12.0. The molecule has 0 atom stereocenters. The highest BCUT2D eigenvalue weighted by molar-refractivity contribution is 4.52. The number of rotatable bonds is 14. The summed E-state index contributed by atoms with van der Waals surface area (Å²) in [4.78, 5) is 0. The second-order valence-corrected chi connectivity index (χ2v) is 5.75. The van der Waals surface area contributed by atoms with Crippen molar-refractivity contribution in [2.45, 2.75) is 96.1 Å². The highest BCUT2D eigenvalue weighted by Gasteiger charge is 2.25. The Morgan fingerprint density at radius 1 is 0.500 bits per heavy atom. The molecule has 0 fully saturated rings. The molecule has 0 aromatic rings. The van der Waals surface area contributed by atoms with Crippen molar-refractivity contribution in [1.29, 1.82) is 0 Å². The van der Waals surface area contributed by atoms with Crippen LogP contribution in [0.2, 0.25) is 0 Å². The van der Waals surface area contributed by atoms with Crippen LogP contribution < -0.4 is 5.73 Å². The van der Waals surface area contributed by atoms with Crippen LogP contribution >= 0.6 is 0 Å². The third kappa shape index (κ3) is 17.8. The zero-order valence-corrected chi connectivity index (χ0v) is 12.8. The summed E-state index contributed by atoms with van der Waals surface area (Å²) >= 11 is 0. The monoisotopic (exact) mass is 295 g/mol. The van der Waals surface area contributed by atoms with E-state index in [1.807, 2.05) is 0 Å². The second kappa shape index (κ2) is 13.7. The summed E-state index contributed by atoms with van der Waals surface area (Å²) in [6.07, 6.45) is 9.82. The first kappa shape index (κ1) is 19.8. The first-order valence-electron chi connectivity index (χ1n) is 8.33. The maximum absolute atomic E-state index is 11.9. The van der Waals surface area contributed by atoms with Crippen LogP contribution in [0.3, 0.4) is 0 Å². The third-order valence-corrected chi connectivity index (χ3v) is 3.66. The predicted molar refractivity (Wildman–Crippen MR) is 79.7 cm³/mol. The van der Waals surface area contributed by atoms with E-state index in [4.69, 9.17) is 5.73 Å². The molecule has 122 valence electrons. The van der Waals surface area contributed by atoms with Crippen molar-refractivity contribution in [2.75, 3.05) is 6.54 Å². The fourth-order valence-electron chi connectivity index (χ4n) is 2.41. The summed E-state index contributed by atoms with van der Waals surface area (Å²) in [7, 11) is 0. The summed E-state index contributed by atoms with van der Waals surface area (Å²) in [5, 5.41) is 0. The number of alkyl halides is 3. The van der Waals surface area contributed by atoms with Crippen molar-refractivity contribution >= 4 is 0 Å². The molecule has 2 N–H and O–H groups in total. The Bertz CT molecular complexity index is 193. The van der Waals surface area contributed by atoms with Gasteiger partial charge in [0.2, 0.25) is 0 Å². The Morgan fingerprint density at radius 2 is 0.800 bits per heavy atom. The Kier molecular flexibility index (Phi) is 13.5. The van der Waals surface area contributed by atoms with Gasteiger partial charge in [0.05, 0.1) is 0 Å². The lowest BCUT2D eigenvalue weighted by molar-refractivity contribution is -0.135. The van der Waals surface area contributed by atoms with Crippen molar-refractivity contribution in [3.63, 3.8) is 0 Å². The quantitative estimate of drug-likeness (QED) is 0.393. The summed E-state index contributed by atoms with van der Waals surface area (Å²) in [6.45, 7) is 0.809. The molecule has 0 aliphatic carbocycles. The van der Waals surface area contributed by atoms with Crippen LogP contribution in [0, 0.1) is 0 Å². The molecule has 0 rings (SSSR count). The average molecular weight is 295 g/mol. The van der Waals surface area contributed by atoms with E-state index >= 15 is 0 Å². The molecule has 0 aromatic heterocycles. The van der Waals surface area contributed by atoms with Crippen molar-refractivity contribution in [2.24, 2.45) is 5.73 Å². The van der Waals surface area contributed by atoms with Gasteiger partial charge in [0, 0.05) is 6.42 Å². The van der Waals surface area contributed by atoms with Crippen LogP contribution in [-0.4, -0.2) is 12.7 Å². The average Bonchev–Trinajstić information content (AvgIpc) is 2.38. The maximum atomic E-state index is 11.9. The number of halogens is 3. The summed E-state index contributed by atoms with van der Waals surface area (Å²) in [5.74, 6) is 0. The molecule has 0 spiro atoms. The van der Waals surface area contributed by atoms with E-state index in [1.165, 1.54) is 51.4 Å². The van der Waals surface area contributed by atoms with Gasteiger partial charge in [0.25, 0.3) is 0 Å². The van der Waals surface area contributed by atoms with Crippen LogP contribution in [0.25, 0.3) is 0 Å². The van der Waals surface area contributed by atoms with Crippen LogP contribution in [0.5, 0.6) is 0 Å². The SMILES string of the molecule is NCCCCCCCCCCCCCCCC(F)(F)F. The zero-order valence-electron chi connectivity index (χ0n) is 12.8. The van der Waals surface area contributed by atoms with Gasteiger partial charge in [-0.05, 0) is 19.4 Å². The molecule has 4 heteroatoms. The van der Waals surface area contributed by atoms with Gasteiger partial charge in [-0.1, -0.05) is 70.6 Å². The first-order valence-corrected chi connectivity index (χ1v) is 8.33. The summed E-state index contributed by atoms with van der Waals surface area (Å²) in [5.41, 5.74) is 5.43. The molecule has 0 aromatic carbocycles. The van der Waals surface area contributed by atoms with Gasteiger partial charge >= 0.3 is 6.18 Å². The van der Waals surface area contributed by atoms with E-state index in [-0.39, 0.29) is 0 Å². The molecule has 20 heavy (non-hydrogen) atoms. The topological polar surface area (TPSA) is 26.0 Å². The Morgan fingerprint density at radius 3 is 1.10 bits per heavy atom. The predicted octanol–water partition coefficient (Wildman–Crippen LogP) is 5.97. The lowest BCUT2D eigenvalue weighted by atomic mass is 10.0. The van der Waals surface area contributed by atoms with E-state index < -0.39 is 12.6 Å². The standard InChI is InChI=1S/C16H32F3N/c17-16(18,19)14-12-10-8-6-4-2-1-3-5-7-9-11-13-15-20/h1-15,20H2. The van der Waals surface area contributed by atoms with Crippen LogP contribution in [0.1, 0.15) is 89.9 Å². The van der Waals surface area contributed by atoms with Gasteiger partial charge in [-0.15, -0.1) is 0 Å². The van der Waals surface area contributed by atoms with Gasteiger partial charge in [0.1, 0.15) is 0 Å². The van der Waals surface area contributed by atoms with Crippen molar-refractivity contribution in [1.82, 2.24) is 0 Å². The fourth-order valence-corrected chi connectivity index (χ4v) is 2.41. The van der Waals surface area contributed by atoms with E-state index in [2.05, 4.69) is 0 Å². The zero-order chi connectivity index (χ0) is 15.1. The maximum Gasteiger partial charge on any atom is 0.389 e. The molecule has 0 saturated carbocycles. The van der Waals surface area contributed by atoms with Crippen LogP contribution in [-0.2, 0) is 0 Å². The fraction of sp³-hybridized carbons (Fsp3) is 1.00. The van der Waals surface area contributed by atoms with E-state index in [0.717, 1.165) is 32.2 Å². The molecular weight excluding hydrogens is 263 g/mol. The molecule has 0 bridgehead atoms. The molecule has 0 heterocycles. The minimum atomic E-state index is -3.97. The lowest BCUT2D eigenvalue weighted by Gasteiger charge is -2.05.